The molecule has 29 heavy (non-hydrogen) atoms. The minimum absolute atomic E-state index is 0.0231. The van der Waals surface area contributed by atoms with E-state index in [9.17, 15) is 19.2 Å². The average molecular weight is 435 g/mol. The monoisotopic (exact) mass is 434 g/mol. The Labute approximate surface area is 174 Å². The number of hydrogen-bond acceptors (Lipinski definition) is 6. The van der Waals surface area contributed by atoms with Crippen molar-refractivity contribution in [2.45, 2.75) is 45.9 Å². The summed E-state index contributed by atoms with van der Waals surface area (Å²) in [5, 5.41) is 9.12. The van der Waals surface area contributed by atoms with Crippen molar-refractivity contribution in [2.24, 2.45) is 0 Å². The first kappa shape index (κ1) is 21.0. The number of carbonyl (C=O) groups is 2. The molecule has 10 heteroatoms. The van der Waals surface area contributed by atoms with Gasteiger partial charge in [0.2, 0.25) is 11.8 Å². The van der Waals surface area contributed by atoms with E-state index in [2.05, 4.69) is 10.6 Å². The first-order valence-electron chi connectivity index (χ1n) is 9.20. The van der Waals surface area contributed by atoms with Crippen molar-refractivity contribution in [3.63, 3.8) is 0 Å². The molecule has 3 aromatic rings. The number of thiophene rings is 2. The number of carbonyl (C=O) groups excluding carboxylic acids is 2. The average Bonchev–Trinajstić information content (AvgIpc) is 3.38. The Bertz CT molecular complexity index is 1130. The zero-order valence-corrected chi connectivity index (χ0v) is 17.8. The van der Waals surface area contributed by atoms with E-state index in [1.807, 2.05) is 31.4 Å². The molecule has 0 saturated heterocycles. The van der Waals surface area contributed by atoms with Crippen LogP contribution in [0.4, 0.5) is 0 Å². The Morgan fingerprint density at radius 3 is 2.52 bits per heavy atom. The fourth-order valence-electron chi connectivity index (χ4n) is 2.79. The lowest BCUT2D eigenvalue weighted by molar-refractivity contribution is -0.122. The lowest BCUT2D eigenvalue weighted by Crippen LogP contribution is -2.45. The van der Waals surface area contributed by atoms with E-state index in [0.29, 0.717) is 16.8 Å². The summed E-state index contributed by atoms with van der Waals surface area (Å²) in [6.07, 6.45) is 0.762. The summed E-state index contributed by atoms with van der Waals surface area (Å²) in [6.45, 7) is 3.54. The van der Waals surface area contributed by atoms with Crippen molar-refractivity contribution in [3.8, 4) is 0 Å². The summed E-state index contributed by atoms with van der Waals surface area (Å²) in [5.41, 5.74) is -0.795. The Hall–Kier alpha value is -2.72. The molecular formula is C19H22N4O4S2. The molecule has 0 unspecified atom stereocenters. The van der Waals surface area contributed by atoms with Gasteiger partial charge in [0.05, 0.1) is 12.1 Å². The number of fused-ring (bicyclic) bond motifs is 1. The summed E-state index contributed by atoms with van der Waals surface area (Å²) in [4.78, 5) is 51.3. The molecule has 3 rings (SSSR count). The number of nitrogens with zero attached hydrogens (tertiary/aromatic N) is 2. The van der Waals surface area contributed by atoms with Crippen LogP contribution >= 0.6 is 22.7 Å². The van der Waals surface area contributed by atoms with Gasteiger partial charge >= 0.3 is 5.69 Å². The highest BCUT2D eigenvalue weighted by molar-refractivity contribution is 7.17. The Morgan fingerprint density at radius 2 is 1.83 bits per heavy atom. The first-order chi connectivity index (χ1) is 13.9. The highest BCUT2D eigenvalue weighted by Gasteiger charge is 2.18. The van der Waals surface area contributed by atoms with Gasteiger partial charge in [-0.05, 0) is 36.2 Å². The minimum Gasteiger partial charge on any atom is -0.352 e. The van der Waals surface area contributed by atoms with E-state index in [1.165, 1.54) is 27.2 Å². The molecule has 0 radical (unpaired) electrons. The Balaban J connectivity index is 1.87. The molecule has 2 amide bonds. The molecule has 0 spiro atoms. The van der Waals surface area contributed by atoms with E-state index >= 15 is 0 Å². The molecule has 0 aromatic carbocycles. The highest BCUT2D eigenvalue weighted by Crippen LogP contribution is 2.15. The van der Waals surface area contributed by atoms with Crippen LogP contribution in [0.5, 0.6) is 0 Å². The number of hydrogen-bond donors (Lipinski definition) is 2. The number of aromatic nitrogens is 2. The van der Waals surface area contributed by atoms with Gasteiger partial charge in [-0.15, -0.1) is 22.7 Å². The van der Waals surface area contributed by atoms with Crippen LogP contribution in [0.25, 0.3) is 10.2 Å². The maximum atomic E-state index is 12.9. The molecule has 154 valence electrons. The van der Waals surface area contributed by atoms with Crippen LogP contribution in [0.15, 0.2) is 38.5 Å². The van der Waals surface area contributed by atoms with Crippen molar-refractivity contribution in [1.29, 1.82) is 0 Å². The minimum atomic E-state index is -0.675. The van der Waals surface area contributed by atoms with Crippen LogP contribution < -0.4 is 21.9 Å². The van der Waals surface area contributed by atoms with Gasteiger partial charge in [-0.3, -0.25) is 19.0 Å². The highest BCUT2D eigenvalue weighted by atomic mass is 32.1. The molecule has 3 aromatic heterocycles. The van der Waals surface area contributed by atoms with E-state index in [0.717, 1.165) is 15.9 Å². The molecule has 3 heterocycles. The fraction of sp³-hybridized carbons (Fsp3) is 0.368. The normalized spacial score (nSPS) is 12.1. The maximum absolute atomic E-state index is 12.9. The van der Waals surface area contributed by atoms with Gasteiger partial charge < -0.3 is 10.6 Å². The van der Waals surface area contributed by atoms with Crippen LogP contribution in [0, 0.1) is 0 Å². The SMILES string of the molecule is CC[C@H](C)NC(=O)Cn1c(=O)n(CC(=O)NCc2cccs2)c(=O)c2sccc21. The zero-order chi connectivity index (χ0) is 21.0. The van der Waals surface area contributed by atoms with E-state index in [1.54, 1.807) is 11.4 Å². The molecule has 0 fully saturated rings. The second-order valence-corrected chi connectivity index (χ2v) is 8.58. The number of rotatable bonds is 8. The van der Waals surface area contributed by atoms with Gasteiger partial charge in [0.15, 0.2) is 0 Å². The lowest BCUT2D eigenvalue weighted by atomic mass is 10.2. The van der Waals surface area contributed by atoms with E-state index in [4.69, 9.17) is 0 Å². The summed E-state index contributed by atoms with van der Waals surface area (Å²) < 4.78 is 2.48. The molecule has 0 saturated carbocycles. The van der Waals surface area contributed by atoms with Crippen LogP contribution in [0.2, 0.25) is 0 Å². The van der Waals surface area contributed by atoms with Crippen LogP contribution in [0.1, 0.15) is 25.1 Å². The maximum Gasteiger partial charge on any atom is 0.332 e. The van der Waals surface area contributed by atoms with Crippen molar-refractivity contribution >= 4 is 44.7 Å². The smallest absolute Gasteiger partial charge is 0.332 e. The van der Waals surface area contributed by atoms with Gasteiger partial charge in [0, 0.05) is 10.9 Å². The third-order valence-corrected chi connectivity index (χ3v) is 6.27. The largest absolute Gasteiger partial charge is 0.352 e. The summed E-state index contributed by atoms with van der Waals surface area (Å²) in [6, 6.07) is 5.38. The molecule has 0 aliphatic rings. The molecular weight excluding hydrogens is 412 g/mol. The number of amides is 2. The molecule has 2 N–H and O–H groups in total. The molecule has 8 nitrogen and oxygen atoms in total. The standard InChI is InChI=1S/C19H22N4O4S2/c1-3-12(2)21-16(25)11-22-14-6-8-29-17(14)18(26)23(19(22)27)10-15(24)20-9-13-5-4-7-28-13/h4-8,12H,3,9-11H2,1-2H3,(H,20,24)(H,21,25)/t12-/m0/s1. The Morgan fingerprint density at radius 1 is 1.07 bits per heavy atom. The lowest BCUT2D eigenvalue weighted by Gasteiger charge is -2.14. The van der Waals surface area contributed by atoms with E-state index in [-0.39, 0.29) is 18.5 Å². The van der Waals surface area contributed by atoms with Gasteiger partial charge in [0.25, 0.3) is 5.56 Å². The zero-order valence-electron chi connectivity index (χ0n) is 16.1. The Kier molecular flexibility index (Phi) is 6.65. The van der Waals surface area contributed by atoms with Crippen LogP contribution in [-0.2, 0) is 29.2 Å². The van der Waals surface area contributed by atoms with Crippen molar-refractivity contribution < 1.29 is 9.59 Å². The molecule has 0 bridgehead atoms. The van der Waals surface area contributed by atoms with E-state index < -0.39 is 23.7 Å². The summed E-state index contributed by atoms with van der Waals surface area (Å²) in [5.74, 6) is -0.759. The third-order valence-electron chi connectivity index (χ3n) is 4.50. The van der Waals surface area contributed by atoms with Gasteiger partial charge in [-0.1, -0.05) is 13.0 Å². The summed E-state index contributed by atoms with van der Waals surface area (Å²) >= 11 is 2.68. The molecule has 1 atom stereocenters. The molecule has 0 aliphatic carbocycles. The predicted octanol–water partition coefficient (Wildman–Crippen LogP) is 1.52. The quantitative estimate of drug-likeness (QED) is 0.561. The van der Waals surface area contributed by atoms with Crippen LogP contribution in [0.3, 0.4) is 0 Å². The molecule has 0 aliphatic heterocycles. The first-order valence-corrected chi connectivity index (χ1v) is 11.0. The predicted molar refractivity (Wildman–Crippen MR) is 114 cm³/mol. The summed E-state index contributed by atoms with van der Waals surface area (Å²) in [7, 11) is 0. The third kappa shape index (κ3) is 4.83. The van der Waals surface area contributed by atoms with Gasteiger partial charge in [-0.2, -0.15) is 0 Å². The van der Waals surface area contributed by atoms with Crippen LogP contribution in [-0.4, -0.2) is 27.0 Å². The topological polar surface area (TPSA) is 102 Å². The fourth-order valence-corrected chi connectivity index (χ4v) is 4.28. The second kappa shape index (κ2) is 9.19. The van der Waals surface area contributed by atoms with Crippen molar-refractivity contribution in [2.75, 3.05) is 0 Å². The second-order valence-electron chi connectivity index (χ2n) is 6.63. The van der Waals surface area contributed by atoms with Gasteiger partial charge in [-0.25, -0.2) is 9.36 Å². The number of nitrogens with one attached hydrogen (secondary N) is 2. The van der Waals surface area contributed by atoms with Gasteiger partial charge in [0.1, 0.15) is 17.8 Å². The van der Waals surface area contributed by atoms with Crippen molar-refractivity contribution in [3.05, 3.63) is 54.7 Å². The van der Waals surface area contributed by atoms with Crippen molar-refractivity contribution in [1.82, 2.24) is 19.8 Å².